The maximum atomic E-state index is 11.6. The molecule has 4 nitrogen and oxygen atoms in total. The van der Waals surface area contributed by atoms with Crippen molar-refractivity contribution in [1.29, 1.82) is 0 Å². The quantitative estimate of drug-likeness (QED) is 0.892. The molecule has 1 amide bonds. The fourth-order valence-electron chi connectivity index (χ4n) is 1.67. The Morgan fingerprint density at radius 3 is 2.55 bits per heavy atom. The number of hydrogen-bond donors (Lipinski definition) is 2. The van der Waals surface area contributed by atoms with Crippen LogP contribution in [0, 0.1) is 0 Å². The molecule has 0 aromatic heterocycles. The Kier molecular flexibility index (Phi) is 6.11. The van der Waals surface area contributed by atoms with Gasteiger partial charge in [0.15, 0.2) is 0 Å². The van der Waals surface area contributed by atoms with Crippen LogP contribution >= 0.6 is 23.2 Å². The molecule has 1 unspecified atom stereocenters. The van der Waals surface area contributed by atoms with Crippen LogP contribution in [0.1, 0.15) is 32.3 Å². The smallest absolute Gasteiger partial charge is 0.407 e. The fourth-order valence-corrected chi connectivity index (χ4v) is 2.24. The van der Waals surface area contributed by atoms with E-state index >= 15 is 0 Å². The van der Waals surface area contributed by atoms with E-state index in [1.807, 2.05) is 26.8 Å². The number of benzene rings is 1. The maximum absolute atomic E-state index is 11.6. The summed E-state index contributed by atoms with van der Waals surface area (Å²) in [4.78, 5) is 11.6. The molecule has 0 spiro atoms. The van der Waals surface area contributed by atoms with Crippen LogP contribution in [0.4, 0.5) is 4.79 Å². The number of carbonyl (C=O) groups is 1. The number of nitrogens with one attached hydrogen (secondary N) is 1. The molecule has 0 bridgehead atoms. The van der Waals surface area contributed by atoms with Crippen molar-refractivity contribution < 1.29 is 9.53 Å². The zero-order valence-corrected chi connectivity index (χ0v) is 13.4. The van der Waals surface area contributed by atoms with E-state index in [9.17, 15) is 4.79 Å². The Morgan fingerprint density at radius 2 is 2.05 bits per heavy atom. The van der Waals surface area contributed by atoms with Gasteiger partial charge in [0.1, 0.15) is 5.60 Å². The number of nitrogens with two attached hydrogens (primary N) is 1. The van der Waals surface area contributed by atoms with Gasteiger partial charge in [-0.1, -0.05) is 29.3 Å². The standard InChI is InChI=1S/C14H20Cl2N2O2/c1-14(2,3)20-13(19)18-8-9(7-17)11-5-4-10(15)6-12(11)16/h4-6,9H,7-8,17H2,1-3H3,(H,18,19). The Hall–Kier alpha value is -0.970. The van der Waals surface area contributed by atoms with Crippen molar-refractivity contribution in [3.63, 3.8) is 0 Å². The Bertz CT molecular complexity index is 473. The third kappa shape index (κ3) is 5.57. The van der Waals surface area contributed by atoms with E-state index in [0.29, 0.717) is 23.1 Å². The van der Waals surface area contributed by atoms with E-state index in [0.717, 1.165) is 5.56 Å². The molecule has 1 atom stereocenters. The summed E-state index contributed by atoms with van der Waals surface area (Å²) in [6, 6.07) is 5.23. The van der Waals surface area contributed by atoms with Crippen LogP contribution in [0.2, 0.25) is 10.0 Å². The second-order valence-electron chi connectivity index (χ2n) is 5.48. The third-order valence-electron chi connectivity index (χ3n) is 2.58. The molecule has 0 radical (unpaired) electrons. The average Bonchev–Trinajstić information content (AvgIpc) is 2.29. The normalized spacial score (nSPS) is 12.9. The topological polar surface area (TPSA) is 64.3 Å². The van der Waals surface area contributed by atoms with Gasteiger partial charge in [-0.15, -0.1) is 0 Å². The van der Waals surface area contributed by atoms with Crippen LogP contribution in [-0.4, -0.2) is 24.8 Å². The first-order valence-electron chi connectivity index (χ1n) is 6.35. The van der Waals surface area contributed by atoms with E-state index < -0.39 is 11.7 Å². The fraction of sp³-hybridized carbons (Fsp3) is 0.500. The van der Waals surface area contributed by atoms with Crippen molar-refractivity contribution in [2.75, 3.05) is 13.1 Å². The predicted molar refractivity (Wildman–Crippen MR) is 82.5 cm³/mol. The first kappa shape index (κ1) is 17.1. The minimum absolute atomic E-state index is 0.0905. The average molecular weight is 319 g/mol. The number of amides is 1. The minimum Gasteiger partial charge on any atom is -0.444 e. The molecule has 0 heterocycles. The lowest BCUT2D eigenvalue weighted by molar-refractivity contribution is 0.0525. The molecular weight excluding hydrogens is 299 g/mol. The van der Waals surface area contributed by atoms with Gasteiger partial charge in [-0.3, -0.25) is 0 Å². The Morgan fingerprint density at radius 1 is 1.40 bits per heavy atom. The zero-order chi connectivity index (χ0) is 15.3. The minimum atomic E-state index is -0.528. The van der Waals surface area contributed by atoms with Crippen molar-refractivity contribution in [3.8, 4) is 0 Å². The van der Waals surface area contributed by atoms with Crippen LogP contribution in [0.5, 0.6) is 0 Å². The van der Waals surface area contributed by atoms with Gasteiger partial charge < -0.3 is 15.8 Å². The molecule has 0 fully saturated rings. The molecule has 1 aromatic rings. The molecule has 1 rings (SSSR count). The SMILES string of the molecule is CC(C)(C)OC(=O)NCC(CN)c1ccc(Cl)cc1Cl. The van der Waals surface area contributed by atoms with Crippen LogP contribution in [-0.2, 0) is 4.74 Å². The monoisotopic (exact) mass is 318 g/mol. The van der Waals surface area contributed by atoms with Gasteiger partial charge in [0.2, 0.25) is 0 Å². The molecule has 0 aliphatic rings. The molecule has 0 aliphatic heterocycles. The van der Waals surface area contributed by atoms with E-state index in [1.165, 1.54) is 0 Å². The summed E-state index contributed by atoms with van der Waals surface area (Å²) in [7, 11) is 0. The van der Waals surface area contributed by atoms with Crippen LogP contribution in [0.25, 0.3) is 0 Å². The van der Waals surface area contributed by atoms with Gasteiger partial charge in [-0.2, -0.15) is 0 Å². The van der Waals surface area contributed by atoms with Crippen molar-refractivity contribution >= 4 is 29.3 Å². The highest BCUT2D eigenvalue weighted by atomic mass is 35.5. The molecule has 0 saturated heterocycles. The van der Waals surface area contributed by atoms with Crippen LogP contribution in [0.15, 0.2) is 18.2 Å². The van der Waals surface area contributed by atoms with Gasteiger partial charge >= 0.3 is 6.09 Å². The third-order valence-corrected chi connectivity index (χ3v) is 3.14. The first-order valence-corrected chi connectivity index (χ1v) is 7.10. The number of hydrogen-bond acceptors (Lipinski definition) is 3. The first-order chi connectivity index (χ1) is 9.23. The molecule has 6 heteroatoms. The van der Waals surface area contributed by atoms with Gasteiger partial charge in [-0.25, -0.2) is 4.79 Å². The van der Waals surface area contributed by atoms with Gasteiger partial charge in [-0.05, 0) is 38.5 Å². The van der Waals surface area contributed by atoms with E-state index in [1.54, 1.807) is 12.1 Å². The number of alkyl carbamates (subject to hydrolysis) is 1. The molecule has 0 saturated carbocycles. The molecule has 0 aliphatic carbocycles. The Balaban J connectivity index is 2.66. The van der Waals surface area contributed by atoms with Crippen LogP contribution in [0.3, 0.4) is 0 Å². The summed E-state index contributed by atoms with van der Waals surface area (Å²) in [6.45, 7) is 6.14. The van der Waals surface area contributed by atoms with E-state index in [4.69, 9.17) is 33.7 Å². The number of carbonyl (C=O) groups excluding carboxylic acids is 1. The summed E-state index contributed by atoms with van der Waals surface area (Å²) in [5.74, 6) is -0.0905. The van der Waals surface area contributed by atoms with Crippen molar-refractivity contribution in [2.45, 2.75) is 32.3 Å². The van der Waals surface area contributed by atoms with E-state index in [-0.39, 0.29) is 5.92 Å². The molecule has 1 aromatic carbocycles. The summed E-state index contributed by atoms with van der Waals surface area (Å²) in [5, 5.41) is 3.80. The van der Waals surface area contributed by atoms with E-state index in [2.05, 4.69) is 5.32 Å². The Labute approximate surface area is 129 Å². The number of rotatable bonds is 4. The summed E-state index contributed by atoms with van der Waals surface area (Å²) < 4.78 is 5.17. The van der Waals surface area contributed by atoms with Crippen molar-refractivity contribution in [3.05, 3.63) is 33.8 Å². The lowest BCUT2D eigenvalue weighted by Gasteiger charge is -2.22. The summed E-state index contributed by atoms with van der Waals surface area (Å²) in [5.41, 5.74) is 6.07. The molecule has 3 N–H and O–H groups in total. The number of halogens is 2. The second-order valence-corrected chi connectivity index (χ2v) is 6.32. The molecule has 112 valence electrons. The lowest BCUT2D eigenvalue weighted by atomic mass is 9.99. The lowest BCUT2D eigenvalue weighted by Crippen LogP contribution is -2.36. The molecule has 20 heavy (non-hydrogen) atoms. The van der Waals surface area contributed by atoms with Crippen molar-refractivity contribution in [1.82, 2.24) is 5.32 Å². The number of ether oxygens (including phenoxy) is 1. The predicted octanol–water partition coefficient (Wildman–Crippen LogP) is 3.56. The molecular formula is C14H20Cl2N2O2. The van der Waals surface area contributed by atoms with Gasteiger partial charge in [0.05, 0.1) is 0 Å². The second kappa shape index (κ2) is 7.16. The highest BCUT2D eigenvalue weighted by Gasteiger charge is 2.19. The van der Waals surface area contributed by atoms with Crippen molar-refractivity contribution in [2.24, 2.45) is 5.73 Å². The highest BCUT2D eigenvalue weighted by Crippen LogP contribution is 2.26. The summed E-state index contributed by atoms with van der Waals surface area (Å²) >= 11 is 12.0. The van der Waals surface area contributed by atoms with Gasteiger partial charge in [0, 0.05) is 29.1 Å². The highest BCUT2D eigenvalue weighted by molar-refractivity contribution is 6.35. The maximum Gasteiger partial charge on any atom is 0.407 e. The van der Waals surface area contributed by atoms with Gasteiger partial charge in [0.25, 0.3) is 0 Å². The van der Waals surface area contributed by atoms with Crippen LogP contribution < -0.4 is 11.1 Å². The largest absolute Gasteiger partial charge is 0.444 e. The summed E-state index contributed by atoms with van der Waals surface area (Å²) in [6.07, 6.45) is -0.471. The zero-order valence-electron chi connectivity index (χ0n) is 11.9.